The van der Waals surface area contributed by atoms with Gasteiger partial charge < -0.3 is 5.11 Å². The van der Waals surface area contributed by atoms with Gasteiger partial charge in [0.05, 0.1) is 10.6 Å². The van der Waals surface area contributed by atoms with Gasteiger partial charge in [-0.15, -0.1) is 5.10 Å². The van der Waals surface area contributed by atoms with E-state index in [0.29, 0.717) is 27.9 Å². The SMILES string of the molecule is O=C(O)CCCN1C(=O)C(=Cc2csnn2)SC1=S. The van der Waals surface area contributed by atoms with Crippen LogP contribution in [-0.2, 0) is 9.59 Å². The minimum Gasteiger partial charge on any atom is -0.481 e. The summed E-state index contributed by atoms with van der Waals surface area (Å²) in [5.74, 6) is -1.08. The summed E-state index contributed by atoms with van der Waals surface area (Å²) in [5.41, 5.74) is 0.621. The van der Waals surface area contributed by atoms with Gasteiger partial charge in [0.1, 0.15) is 4.32 Å². The monoisotopic (exact) mass is 315 g/mol. The highest BCUT2D eigenvalue weighted by molar-refractivity contribution is 8.26. The predicted octanol–water partition coefficient (Wildman–Crippen LogP) is 1.60. The summed E-state index contributed by atoms with van der Waals surface area (Å²) in [4.78, 5) is 24.4. The van der Waals surface area contributed by atoms with Crippen LogP contribution in [0.5, 0.6) is 0 Å². The first-order valence-corrected chi connectivity index (χ1v) is 7.38. The molecule has 1 aliphatic rings. The summed E-state index contributed by atoms with van der Waals surface area (Å²) >= 11 is 7.52. The lowest BCUT2D eigenvalue weighted by Gasteiger charge is -2.12. The van der Waals surface area contributed by atoms with Crippen LogP contribution in [0.3, 0.4) is 0 Å². The van der Waals surface area contributed by atoms with Crippen molar-refractivity contribution in [1.29, 1.82) is 0 Å². The zero-order valence-corrected chi connectivity index (χ0v) is 12.1. The molecule has 6 nitrogen and oxygen atoms in total. The third-order valence-electron chi connectivity index (χ3n) is 2.30. The standard InChI is InChI=1S/C10H9N3O3S3/c14-8(15)2-1-3-13-9(16)7(19-10(13)17)4-6-5-18-12-11-6/h4-5H,1-3H2,(H,14,15). The lowest BCUT2D eigenvalue weighted by Crippen LogP contribution is -2.29. The highest BCUT2D eigenvalue weighted by Gasteiger charge is 2.31. The molecule has 100 valence electrons. The van der Waals surface area contributed by atoms with Crippen LogP contribution in [0, 0.1) is 0 Å². The molecule has 1 amide bonds. The zero-order valence-electron chi connectivity index (χ0n) is 9.61. The van der Waals surface area contributed by atoms with Crippen LogP contribution in [-0.4, -0.2) is 42.3 Å². The van der Waals surface area contributed by atoms with Crippen molar-refractivity contribution in [1.82, 2.24) is 14.5 Å². The Balaban J connectivity index is 2.02. The van der Waals surface area contributed by atoms with Crippen LogP contribution >= 0.6 is 35.5 Å². The number of carboxylic acids is 1. The Bertz CT molecular complexity index is 541. The number of aromatic nitrogens is 2. The molecule has 1 aliphatic heterocycles. The van der Waals surface area contributed by atoms with Crippen LogP contribution in [0.2, 0.25) is 0 Å². The fourth-order valence-corrected chi connectivity index (χ4v) is 3.16. The molecule has 2 rings (SSSR count). The first kappa shape index (κ1) is 14.1. The maximum atomic E-state index is 12.1. The van der Waals surface area contributed by atoms with Gasteiger partial charge in [-0.1, -0.05) is 28.5 Å². The fourth-order valence-electron chi connectivity index (χ4n) is 1.45. The number of carboxylic acid groups (broad SMARTS) is 1. The molecule has 2 heterocycles. The van der Waals surface area contributed by atoms with Crippen molar-refractivity contribution in [3.8, 4) is 0 Å². The molecular weight excluding hydrogens is 306 g/mol. The van der Waals surface area contributed by atoms with Crippen molar-refractivity contribution >= 4 is 57.8 Å². The number of thiocarbonyl (C=S) groups is 1. The summed E-state index contributed by atoms with van der Waals surface area (Å²) in [6, 6.07) is 0. The lowest BCUT2D eigenvalue weighted by molar-refractivity contribution is -0.137. The second-order valence-corrected chi connectivity index (χ2v) is 5.95. The van der Waals surface area contributed by atoms with Crippen LogP contribution in [0.25, 0.3) is 6.08 Å². The van der Waals surface area contributed by atoms with Crippen molar-refractivity contribution < 1.29 is 14.7 Å². The largest absolute Gasteiger partial charge is 0.481 e. The average molecular weight is 315 g/mol. The van der Waals surface area contributed by atoms with Crippen LogP contribution in [0.15, 0.2) is 10.3 Å². The Kier molecular flexibility index (Phi) is 4.61. The molecule has 19 heavy (non-hydrogen) atoms. The zero-order chi connectivity index (χ0) is 13.8. The molecule has 0 saturated carbocycles. The highest BCUT2D eigenvalue weighted by atomic mass is 32.2. The van der Waals surface area contributed by atoms with E-state index in [2.05, 4.69) is 9.59 Å². The van der Waals surface area contributed by atoms with Crippen molar-refractivity contribution in [3.05, 3.63) is 16.0 Å². The molecule has 0 radical (unpaired) electrons. The van der Waals surface area contributed by atoms with Gasteiger partial charge in [0.25, 0.3) is 5.91 Å². The molecule has 0 unspecified atom stereocenters. The molecule has 0 aliphatic carbocycles. The Hall–Kier alpha value is -1.32. The van der Waals surface area contributed by atoms with E-state index in [-0.39, 0.29) is 12.3 Å². The van der Waals surface area contributed by atoms with Gasteiger partial charge in [0, 0.05) is 18.3 Å². The first-order valence-electron chi connectivity index (χ1n) is 5.32. The van der Waals surface area contributed by atoms with E-state index in [4.69, 9.17) is 17.3 Å². The van der Waals surface area contributed by atoms with Crippen molar-refractivity contribution in [2.45, 2.75) is 12.8 Å². The molecule has 1 aromatic rings. The smallest absolute Gasteiger partial charge is 0.303 e. The lowest BCUT2D eigenvalue weighted by atomic mass is 10.3. The van der Waals surface area contributed by atoms with E-state index in [9.17, 15) is 9.59 Å². The Morgan fingerprint density at radius 2 is 2.37 bits per heavy atom. The Morgan fingerprint density at radius 1 is 1.58 bits per heavy atom. The number of hydrogen-bond acceptors (Lipinski definition) is 7. The van der Waals surface area contributed by atoms with Crippen molar-refractivity contribution in [2.24, 2.45) is 0 Å². The average Bonchev–Trinajstić information content (AvgIpc) is 2.93. The topological polar surface area (TPSA) is 83.4 Å². The molecule has 9 heteroatoms. The summed E-state index contributed by atoms with van der Waals surface area (Å²) in [6.07, 6.45) is 2.04. The molecule has 0 spiro atoms. The second kappa shape index (κ2) is 6.22. The second-order valence-electron chi connectivity index (χ2n) is 3.66. The molecule has 1 N–H and O–H groups in total. The molecule has 0 bridgehead atoms. The molecule has 1 aromatic heterocycles. The van der Waals surface area contributed by atoms with Gasteiger partial charge in [0.2, 0.25) is 0 Å². The van der Waals surface area contributed by atoms with E-state index in [0.717, 1.165) is 0 Å². The number of hydrogen-bond donors (Lipinski definition) is 1. The quantitative estimate of drug-likeness (QED) is 0.652. The van der Waals surface area contributed by atoms with Gasteiger partial charge in [-0.3, -0.25) is 14.5 Å². The Morgan fingerprint density at radius 3 is 3.00 bits per heavy atom. The number of amides is 1. The fraction of sp³-hybridized carbons (Fsp3) is 0.300. The van der Waals surface area contributed by atoms with E-state index >= 15 is 0 Å². The van der Waals surface area contributed by atoms with E-state index in [1.165, 1.54) is 28.2 Å². The van der Waals surface area contributed by atoms with Gasteiger partial charge in [0.15, 0.2) is 0 Å². The van der Waals surface area contributed by atoms with Crippen LogP contribution < -0.4 is 0 Å². The number of carbonyl (C=O) groups excluding carboxylic acids is 1. The maximum absolute atomic E-state index is 12.1. The normalized spacial score (nSPS) is 17.5. The predicted molar refractivity (Wildman–Crippen MR) is 76.7 cm³/mol. The molecule has 1 saturated heterocycles. The molecule has 1 fully saturated rings. The third kappa shape index (κ3) is 3.58. The van der Waals surface area contributed by atoms with E-state index in [1.807, 2.05) is 0 Å². The van der Waals surface area contributed by atoms with Crippen LogP contribution in [0.1, 0.15) is 18.5 Å². The summed E-state index contributed by atoms with van der Waals surface area (Å²) < 4.78 is 4.16. The van der Waals surface area contributed by atoms with Gasteiger partial charge in [-0.05, 0) is 24.0 Å². The van der Waals surface area contributed by atoms with Gasteiger partial charge in [-0.25, -0.2) is 0 Å². The van der Waals surface area contributed by atoms with E-state index in [1.54, 1.807) is 11.5 Å². The van der Waals surface area contributed by atoms with Crippen molar-refractivity contribution in [3.63, 3.8) is 0 Å². The third-order valence-corrected chi connectivity index (χ3v) is 4.20. The molecule has 0 atom stereocenters. The van der Waals surface area contributed by atoms with Crippen LogP contribution in [0.4, 0.5) is 0 Å². The highest BCUT2D eigenvalue weighted by Crippen LogP contribution is 2.32. The van der Waals surface area contributed by atoms with Gasteiger partial charge >= 0.3 is 5.97 Å². The molecular formula is C10H9N3O3S3. The minimum absolute atomic E-state index is 0.0200. The first-order chi connectivity index (χ1) is 9.08. The maximum Gasteiger partial charge on any atom is 0.303 e. The number of aliphatic carboxylic acids is 1. The number of thioether (sulfide) groups is 1. The number of carbonyl (C=O) groups is 2. The molecule has 0 aromatic carbocycles. The number of rotatable bonds is 5. The summed E-state index contributed by atoms with van der Waals surface area (Å²) in [5, 5.41) is 14.1. The Labute approximate surface area is 122 Å². The summed E-state index contributed by atoms with van der Waals surface area (Å²) in [6.45, 7) is 0.323. The summed E-state index contributed by atoms with van der Waals surface area (Å²) in [7, 11) is 0. The number of nitrogens with zero attached hydrogens (tertiary/aromatic N) is 3. The minimum atomic E-state index is -0.880. The van der Waals surface area contributed by atoms with Crippen molar-refractivity contribution in [2.75, 3.05) is 6.54 Å². The van der Waals surface area contributed by atoms with Gasteiger partial charge in [-0.2, -0.15) is 0 Å². The van der Waals surface area contributed by atoms with E-state index < -0.39 is 5.97 Å².